The predicted molar refractivity (Wildman–Crippen MR) is 82.3 cm³/mol. The molecule has 1 aromatic carbocycles. The second-order valence-electron chi connectivity index (χ2n) is 6.14. The third-order valence-electron chi connectivity index (χ3n) is 4.13. The zero-order chi connectivity index (χ0) is 14.8. The molecule has 0 saturated carbocycles. The summed E-state index contributed by atoms with van der Waals surface area (Å²) in [6.07, 6.45) is 0.716. The first kappa shape index (κ1) is 15.5. The second kappa shape index (κ2) is 5.84. The van der Waals surface area contributed by atoms with Crippen molar-refractivity contribution in [3.05, 3.63) is 35.9 Å². The third kappa shape index (κ3) is 3.40. The molecule has 5 heteroatoms. The van der Waals surface area contributed by atoms with Crippen molar-refractivity contribution in [2.45, 2.75) is 30.9 Å². The average molecular weight is 296 g/mol. The summed E-state index contributed by atoms with van der Waals surface area (Å²) in [5.41, 5.74) is 1.32. The molecule has 1 saturated heterocycles. The average Bonchev–Trinajstić information content (AvgIpc) is 2.88. The summed E-state index contributed by atoms with van der Waals surface area (Å²) in [5, 5.41) is -0.279. The molecule has 1 atom stereocenters. The van der Waals surface area contributed by atoms with E-state index in [-0.39, 0.29) is 10.7 Å². The molecule has 1 N–H and O–H groups in total. The van der Waals surface area contributed by atoms with Crippen LogP contribution in [0.15, 0.2) is 30.3 Å². The second-order valence-corrected chi connectivity index (χ2v) is 8.31. The molecule has 20 heavy (non-hydrogen) atoms. The monoisotopic (exact) mass is 296 g/mol. The minimum atomic E-state index is -3.14. The van der Waals surface area contributed by atoms with Gasteiger partial charge >= 0.3 is 0 Å². The van der Waals surface area contributed by atoms with Gasteiger partial charge in [0.25, 0.3) is 0 Å². The van der Waals surface area contributed by atoms with E-state index in [0.717, 1.165) is 13.1 Å². The van der Waals surface area contributed by atoms with Crippen LogP contribution in [-0.2, 0) is 15.4 Å². The highest BCUT2D eigenvalue weighted by Gasteiger charge is 2.34. The van der Waals surface area contributed by atoms with E-state index in [1.165, 1.54) is 12.6 Å². The van der Waals surface area contributed by atoms with Gasteiger partial charge in [0.2, 0.25) is 10.0 Å². The van der Waals surface area contributed by atoms with E-state index < -0.39 is 10.0 Å². The van der Waals surface area contributed by atoms with Gasteiger partial charge in [-0.2, -0.15) is 0 Å². The van der Waals surface area contributed by atoms with Crippen molar-refractivity contribution in [1.82, 2.24) is 9.62 Å². The van der Waals surface area contributed by atoms with Crippen molar-refractivity contribution in [2.24, 2.45) is 0 Å². The minimum Gasteiger partial charge on any atom is -0.301 e. The van der Waals surface area contributed by atoms with Crippen molar-refractivity contribution < 1.29 is 8.42 Å². The normalized spacial score (nSPS) is 21.2. The molecule has 1 aliphatic rings. The number of benzene rings is 1. The summed E-state index contributed by atoms with van der Waals surface area (Å²) in [5.74, 6) is 0. The molecule has 1 aliphatic heterocycles. The van der Waals surface area contributed by atoms with Gasteiger partial charge in [0.05, 0.1) is 5.25 Å². The summed E-state index contributed by atoms with van der Waals surface area (Å²) < 4.78 is 26.1. The van der Waals surface area contributed by atoms with E-state index in [9.17, 15) is 8.42 Å². The third-order valence-corrected chi connectivity index (χ3v) is 5.96. The lowest BCUT2D eigenvalue weighted by atomic mass is 9.84. The quantitative estimate of drug-likeness (QED) is 0.897. The molecule has 2 rings (SSSR count). The summed E-state index contributed by atoms with van der Waals surface area (Å²) in [6.45, 7) is 6.78. The fourth-order valence-electron chi connectivity index (χ4n) is 2.90. The predicted octanol–water partition coefficient (Wildman–Crippen LogP) is 1.59. The first-order valence-electron chi connectivity index (χ1n) is 7.05. The Hall–Kier alpha value is -0.910. The van der Waals surface area contributed by atoms with Crippen LogP contribution in [0.1, 0.15) is 25.8 Å². The summed E-state index contributed by atoms with van der Waals surface area (Å²) >= 11 is 0. The molecular formula is C15H24N2O2S. The Morgan fingerprint density at radius 2 is 1.95 bits per heavy atom. The van der Waals surface area contributed by atoms with Crippen LogP contribution < -0.4 is 4.72 Å². The maximum Gasteiger partial charge on any atom is 0.215 e. The van der Waals surface area contributed by atoms with Crippen molar-refractivity contribution in [3.63, 3.8) is 0 Å². The Morgan fingerprint density at radius 1 is 1.30 bits per heavy atom. The van der Waals surface area contributed by atoms with Crippen molar-refractivity contribution in [3.8, 4) is 0 Å². The molecule has 1 fully saturated rings. The number of hydrogen-bond donors (Lipinski definition) is 1. The van der Waals surface area contributed by atoms with Gasteiger partial charge < -0.3 is 4.90 Å². The zero-order valence-corrected chi connectivity index (χ0v) is 13.3. The van der Waals surface area contributed by atoms with E-state index >= 15 is 0 Å². The molecule has 0 bridgehead atoms. The summed E-state index contributed by atoms with van der Waals surface area (Å²) in [4.78, 5) is 2.26. The maximum atomic E-state index is 11.8. The van der Waals surface area contributed by atoms with Crippen LogP contribution in [-0.4, -0.2) is 45.2 Å². The Balaban J connectivity index is 2.02. The fourth-order valence-corrected chi connectivity index (χ4v) is 4.06. The first-order valence-corrected chi connectivity index (χ1v) is 8.60. The topological polar surface area (TPSA) is 49.4 Å². The first-order chi connectivity index (χ1) is 9.35. The molecule has 0 amide bonds. The van der Waals surface area contributed by atoms with Crippen LogP contribution in [0.4, 0.5) is 0 Å². The number of sulfonamides is 1. The van der Waals surface area contributed by atoms with Crippen molar-refractivity contribution >= 4 is 10.0 Å². The van der Waals surface area contributed by atoms with E-state index in [1.807, 2.05) is 6.07 Å². The minimum absolute atomic E-state index is 0.0273. The van der Waals surface area contributed by atoms with Gasteiger partial charge in [0.15, 0.2) is 0 Å². The number of rotatable bonds is 5. The molecule has 0 spiro atoms. The van der Waals surface area contributed by atoms with Crippen LogP contribution in [0.25, 0.3) is 0 Å². The highest BCUT2D eigenvalue weighted by molar-refractivity contribution is 7.90. The number of likely N-dealkylation sites (tertiary alicyclic amines) is 1. The van der Waals surface area contributed by atoms with Gasteiger partial charge in [-0.25, -0.2) is 13.1 Å². The molecule has 1 aromatic rings. The standard InChI is InChI=1S/C15H24N2O2S/c1-15(2,13-7-5-4-6-8-13)12-17-10-9-14(11-17)20(18,19)16-3/h4-8,14,16H,9-12H2,1-3H3. The van der Waals surface area contributed by atoms with Gasteiger partial charge in [-0.3, -0.25) is 0 Å². The van der Waals surface area contributed by atoms with E-state index in [1.54, 1.807) is 0 Å². The molecule has 0 radical (unpaired) electrons. The zero-order valence-electron chi connectivity index (χ0n) is 12.5. The fraction of sp³-hybridized carbons (Fsp3) is 0.600. The molecule has 4 nitrogen and oxygen atoms in total. The van der Waals surface area contributed by atoms with Crippen molar-refractivity contribution in [2.75, 3.05) is 26.7 Å². The lowest BCUT2D eigenvalue weighted by Gasteiger charge is -2.30. The largest absolute Gasteiger partial charge is 0.301 e. The van der Waals surface area contributed by atoms with E-state index in [0.29, 0.717) is 13.0 Å². The summed E-state index contributed by atoms with van der Waals surface area (Å²) in [6, 6.07) is 10.4. The van der Waals surface area contributed by atoms with Gasteiger partial charge in [0, 0.05) is 18.5 Å². The van der Waals surface area contributed by atoms with Crippen LogP contribution >= 0.6 is 0 Å². The number of nitrogens with one attached hydrogen (secondary N) is 1. The number of hydrogen-bond acceptors (Lipinski definition) is 3. The van der Waals surface area contributed by atoms with Crippen molar-refractivity contribution in [1.29, 1.82) is 0 Å². The molecule has 112 valence electrons. The van der Waals surface area contributed by atoms with Crippen LogP contribution in [0.3, 0.4) is 0 Å². The molecule has 0 aliphatic carbocycles. The summed E-state index contributed by atoms with van der Waals surface area (Å²) in [7, 11) is -1.65. The van der Waals surface area contributed by atoms with Gasteiger partial charge in [-0.1, -0.05) is 44.2 Å². The Morgan fingerprint density at radius 3 is 2.55 bits per heavy atom. The Labute approximate surface area is 122 Å². The molecule has 1 heterocycles. The molecule has 0 aromatic heterocycles. The van der Waals surface area contributed by atoms with Crippen LogP contribution in [0.5, 0.6) is 0 Å². The van der Waals surface area contributed by atoms with E-state index in [2.05, 4.69) is 47.7 Å². The van der Waals surface area contributed by atoms with Gasteiger partial charge in [-0.15, -0.1) is 0 Å². The van der Waals surface area contributed by atoms with Gasteiger partial charge in [0.1, 0.15) is 0 Å². The van der Waals surface area contributed by atoms with Gasteiger partial charge in [-0.05, 0) is 25.6 Å². The van der Waals surface area contributed by atoms with Crippen LogP contribution in [0, 0.1) is 0 Å². The Bertz CT molecular complexity index is 540. The lowest BCUT2D eigenvalue weighted by molar-refractivity contribution is 0.269. The highest BCUT2D eigenvalue weighted by Crippen LogP contribution is 2.26. The molecule has 1 unspecified atom stereocenters. The lowest BCUT2D eigenvalue weighted by Crippen LogP contribution is -2.38. The highest BCUT2D eigenvalue weighted by atomic mass is 32.2. The smallest absolute Gasteiger partial charge is 0.215 e. The SMILES string of the molecule is CNS(=O)(=O)C1CCN(CC(C)(C)c2ccccc2)C1. The number of nitrogens with zero attached hydrogens (tertiary/aromatic N) is 1. The van der Waals surface area contributed by atoms with E-state index in [4.69, 9.17) is 0 Å². The van der Waals surface area contributed by atoms with Crippen LogP contribution in [0.2, 0.25) is 0 Å². The maximum absolute atomic E-state index is 11.8. The Kier molecular flexibility index (Phi) is 4.52. The molecular weight excluding hydrogens is 272 g/mol.